The third-order valence-corrected chi connectivity index (χ3v) is 7.80. The Morgan fingerprint density at radius 2 is 1.52 bits per heavy atom. The minimum Gasteiger partial charge on any atom is -0.462 e. The van der Waals surface area contributed by atoms with E-state index in [4.69, 9.17) is 18.9 Å². The zero-order valence-corrected chi connectivity index (χ0v) is 24.2. The molecular weight excluding hydrogens is 567 g/mol. The van der Waals surface area contributed by atoms with Crippen molar-refractivity contribution >= 4 is 23.9 Å². The van der Waals surface area contributed by atoms with Gasteiger partial charge in [0.15, 0.2) is 11.6 Å². The van der Waals surface area contributed by atoms with E-state index in [-0.39, 0.29) is 35.3 Å². The number of rotatable bonds is 9. The van der Waals surface area contributed by atoms with Crippen molar-refractivity contribution in [3.8, 4) is 22.6 Å². The van der Waals surface area contributed by atoms with Crippen LogP contribution in [0.5, 0.6) is 11.5 Å². The van der Waals surface area contributed by atoms with Gasteiger partial charge in [-0.25, -0.2) is 18.8 Å². The lowest BCUT2D eigenvalue weighted by Crippen LogP contribution is -2.22. The molecule has 0 aliphatic heterocycles. The number of ether oxygens (including phenoxy) is 4. The summed E-state index contributed by atoms with van der Waals surface area (Å²) in [5.41, 5.74) is 3.85. The van der Waals surface area contributed by atoms with Crippen molar-refractivity contribution < 1.29 is 42.5 Å². The average Bonchev–Trinajstić information content (AvgIpc) is 3.28. The Balaban J connectivity index is 1.20. The molecule has 0 saturated heterocycles. The van der Waals surface area contributed by atoms with Crippen LogP contribution in [0.2, 0.25) is 0 Å². The van der Waals surface area contributed by atoms with E-state index in [1.54, 1.807) is 24.3 Å². The van der Waals surface area contributed by atoms with Gasteiger partial charge in [-0.2, -0.15) is 0 Å². The van der Waals surface area contributed by atoms with Gasteiger partial charge < -0.3 is 18.9 Å². The molecule has 0 radical (unpaired) electrons. The molecule has 44 heavy (non-hydrogen) atoms. The molecule has 3 aromatic carbocycles. The van der Waals surface area contributed by atoms with Crippen LogP contribution in [-0.4, -0.2) is 30.0 Å². The molecule has 2 aliphatic carbocycles. The lowest BCUT2D eigenvalue weighted by Gasteiger charge is -2.21. The highest BCUT2D eigenvalue weighted by molar-refractivity contribution is 5.95. The monoisotopic (exact) mass is 598 g/mol. The molecule has 9 heteroatoms. The van der Waals surface area contributed by atoms with Crippen molar-refractivity contribution in [2.45, 2.75) is 57.5 Å². The highest BCUT2D eigenvalue weighted by Gasteiger charge is 2.28. The lowest BCUT2D eigenvalue weighted by molar-refractivity contribution is -0.150. The first-order valence-corrected chi connectivity index (χ1v) is 14.4. The third-order valence-electron chi connectivity index (χ3n) is 7.80. The van der Waals surface area contributed by atoms with Crippen molar-refractivity contribution in [2.75, 3.05) is 0 Å². The van der Waals surface area contributed by atoms with Gasteiger partial charge >= 0.3 is 23.9 Å². The maximum Gasteiger partial charge on any atom is 0.343 e. The fourth-order valence-electron chi connectivity index (χ4n) is 5.52. The summed E-state index contributed by atoms with van der Waals surface area (Å²) in [6, 6.07) is 13.8. The Labute approximate surface area is 254 Å². The molecule has 8 nitrogen and oxygen atoms in total. The van der Waals surface area contributed by atoms with Crippen molar-refractivity contribution in [3.63, 3.8) is 0 Å². The van der Waals surface area contributed by atoms with Crippen LogP contribution >= 0.6 is 0 Å². The van der Waals surface area contributed by atoms with Crippen molar-refractivity contribution in [3.05, 3.63) is 108 Å². The molecule has 1 saturated carbocycles. The molecule has 2 aliphatic rings. The molecule has 0 heterocycles. The van der Waals surface area contributed by atoms with E-state index in [2.05, 4.69) is 13.2 Å². The highest BCUT2D eigenvalue weighted by Crippen LogP contribution is 2.46. The van der Waals surface area contributed by atoms with Crippen LogP contribution in [0.4, 0.5) is 4.39 Å². The van der Waals surface area contributed by atoms with Gasteiger partial charge in [-0.05, 0) is 90.4 Å². The molecule has 1 atom stereocenters. The topological polar surface area (TPSA) is 105 Å². The Morgan fingerprint density at radius 3 is 2.23 bits per heavy atom. The van der Waals surface area contributed by atoms with Gasteiger partial charge in [-0.3, -0.25) is 4.79 Å². The second-order valence-corrected chi connectivity index (χ2v) is 10.8. The highest BCUT2D eigenvalue weighted by atomic mass is 19.1. The van der Waals surface area contributed by atoms with Crippen molar-refractivity contribution in [2.24, 2.45) is 0 Å². The summed E-state index contributed by atoms with van der Waals surface area (Å²) in [6.07, 6.45) is 5.22. The summed E-state index contributed by atoms with van der Waals surface area (Å²) in [4.78, 5) is 49.6. The second-order valence-electron chi connectivity index (χ2n) is 10.8. The van der Waals surface area contributed by atoms with Crippen LogP contribution in [0.1, 0.15) is 83.2 Å². The van der Waals surface area contributed by atoms with Gasteiger partial charge in [0.1, 0.15) is 11.9 Å². The van der Waals surface area contributed by atoms with Crippen LogP contribution in [0.25, 0.3) is 11.1 Å². The van der Waals surface area contributed by atoms with Gasteiger partial charge in [0.2, 0.25) is 0 Å². The van der Waals surface area contributed by atoms with Gasteiger partial charge in [-0.15, -0.1) is 0 Å². The Hall–Kier alpha value is -5.05. The largest absolute Gasteiger partial charge is 0.462 e. The molecule has 3 aromatic rings. The maximum atomic E-state index is 14.8. The average molecular weight is 599 g/mol. The van der Waals surface area contributed by atoms with Crippen LogP contribution in [0, 0.1) is 5.82 Å². The smallest absolute Gasteiger partial charge is 0.343 e. The van der Waals surface area contributed by atoms with E-state index < -0.39 is 35.4 Å². The van der Waals surface area contributed by atoms with Crippen molar-refractivity contribution in [1.29, 1.82) is 0 Å². The fraction of sp³-hybridized carbons (Fsp3) is 0.257. The molecule has 0 aromatic heterocycles. The van der Waals surface area contributed by atoms with E-state index in [1.165, 1.54) is 6.07 Å². The SMILES string of the molecule is C=COC(=O)c1ccc2c(c1)C(C)c1cc(OC(=O)c3ccc(OC(=O)C(=C)CC(=O)OC4CCCCC4)c(F)c3)ccc1-2. The number of hydrogen-bond acceptors (Lipinski definition) is 8. The van der Waals surface area contributed by atoms with Gasteiger partial charge in [-0.1, -0.05) is 38.6 Å². The number of carbonyl (C=O) groups excluding carboxylic acids is 4. The zero-order chi connectivity index (χ0) is 31.4. The van der Waals surface area contributed by atoms with Crippen LogP contribution < -0.4 is 9.47 Å². The lowest BCUT2D eigenvalue weighted by atomic mass is 9.98. The number of benzene rings is 3. The fourth-order valence-corrected chi connectivity index (χ4v) is 5.52. The van der Waals surface area contributed by atoms with Crippen molar-refractivity contribution in [1.82, 2.24) is 0 Å². The first-order valence-electron chi connectivity index (χ1n) is 14.4. The molecule has 226 valence electrons. The second kappa shape index (κ2) is 13.1. The minimum atomic E-state index is -0.974. The summed E-state index contributed by atoms with van der Waals surface area (Å²) >= 11 is 0. The molecule has 0 spiro atoms. The van der Waals surface area contributed by atoms with Crippen LogP contribution in [-0.2, 0) is 19.1 Å². The Morgan fingerprint density at radius 1 is 0.864 bits per heavy atom. The Bertz CT molecular complexity index is 1670. The van der Waals surface area contributed by atoms with E-state index >= 15 is 0 Å². The van der Waals surface area contributed by atoms with E-state index in [0.717, 1.165) is 72.8 Å². The molecular formula is C35H31FO8. The van der Waals surface area contributed by atoms with Gasteiger partial charge in [0.05, 0.1) is 23.8 Å². The maximum absolute atomic E-state index is 14.8. The summed E-state index contributed by atoms with van der Waals surface area (Å²) in [6.45, 7) is 8.96. The summed E-state index contributed by atoms with van der Waals surface area (Å²) in [5.74, 6) is -4.10. The number of carbonyl (C=O) groups is 4. The van der Waals surface area contributed by atoms with Gasteiger partial charge in [0, 0.05) is 11.5 Å². The minimum absolute atomic E-state index is 0.0922. The van der Waals surface area contributed by atoms with E-state index in [0.29, 0.717) is 5.56 Å². The Kier molecular flexibility index (Phi) is 9.04. The molecule has 1 fully saturated rings. The molecule has 1 unspecified atom stereocenters. The van der Waals surface area contributed by atoms with E-state index in [9.17, 15) is 23.6 Å². The quantitative estimate of drug-likeness (QED) is 0.110. The van der Waals surface area contributed by atoms with E-state index in [1.807, 2.05) is 19.1 Å². The number of esters is 4. The molecule has 5 rings (SSSR count). The summed E-state index contributed by atoms with van der Waals surface area (Å²) in [5, 5.41) is 0. The third kappa shape index (κ3) is 6.62. The zero-order valence-electron chi connectivity index (χ0n) is 24.2. The number of hydrogen-bond donors (Lipinski definition) is 0. The number of fused-ring (bicyclic) bond motifs is 3. The predicted octanol–water partition coefficient (Wildman–Crippen LogP) is 7.21. The normalized spacial score (nSPS) is 15.4. The predicted molar refractivity (Wildman–Crippen MR) is 159 cm³/mol. The molecule has 0 bridgehead atoms. The standard InChI is InChI=1S/C35H31FO8/c1-4-41-34(39)22-10-13-26-27-14-12-25(19-29(27)21(3)28(26)17-22)43-35(40)23-11-15-31(30(36)18-23)44-33(38)20(2)16-32(37)42-24-8-6-5-7-9-24/h4,10-15,17-19,21,24H,1-2,5-9,16H2,3H3. The first kappa shape index (κ1) is 30.4. The summed E-state index contributed by atoms with van der Waals surface area (Å²) < 4.78 is 35.7. The number of halogens is 1. The molecule has 0 amide bonds. The summed E-state index contributed by atoms with van der Waals surface area (Å²) in [7, 11) is 0. The first-order chi connectivity index (χ1) is 21.1. The van der Waals surface area contributed by atoms with Crippen LogP contribution in [0.3, 0.4) is 0 Å². The molecule has 0 N–H and O–H groups in total. The van der Waals surface area contributed by atoms with Gasteiger partial charge in [0.25, 0.3) is 0 Å². The van der Waals surface area contributed by atoms with Crippen LogP contribution in [0.15, 0.2) is 79.6 Å².